The zero-order chi connectivity index (χ0) is 28.4. The molecule has 0 aliphatic heterocycles. The van der Waals surface area contributed by atoms with Crippen molar-refractivity contribution in [2.45, 2.75) is 19.5 Å². The third-order valence-electron chi connectivity index (χ3n) is 6.15. The van der Waals surface area contributed by atoms with Gasteiger partial charge in [0.1, 0.15) is 5.69 Å². The van der Waals surface area contributed by atoms with Gasteiger partial charge in [0.25, 0.3) is 0 Å². The molecule has 2 aromatic carbocycles. The SMILES string of the molecule is Cc1ccc(C(=O)Cc2cc(-n3ccnc3)cc(C(F)(F)F)c2)cc1C#Cc1cnc2c(NC(N)=O)cccn12. The average molecular weight is 543 g/mol. The fourth-order valence-corrected chi connectivity index (χ4v) is 4.18. The van der Waals surface area contributed by atoms with Gasteiger partial charge in [-0.05, 0) is 60.4 Å². The lowest BCUT2D eigenvalue weighted by atomic mass is 9.97. The summed E-state index contributed by atoms with van der Waals surface area (Å²) < 4.78 is 43.8. The summed E-state index contributed by atoms with van der Waals surface area (Å²) in [5.41, 5.74) is 8.00. The maximum absolute atomic E-state index is 13.6. The number of hydrogen-bond donors (Lipinski definition) is 2. The number of hydrogen-bond acceptors (Lipinski definition) is 4. The van der Waals surface area contributed by atoms with Crippen LogP contribution in [0.25, 0.3) is 11.3 Å². The van der Waals surface area contributed by atoms with Crippen LogP contribution in [0.5, 0.6) is 0 Å². The highest BCUT2D eigenvalue weighted by Crippen LogP contribution is 2.32. The molecule has 200 valence electrons. The van der Waals surface area contributed by atoms with Crippen LogP contribution in [0, 0.1) is 18.8 Å². The summed E-state index contributed by atoms with van der Waals surface area (Å²) in [4.78, 5) is 32.6. The molecule has 2 amide bonds. The molecule has 40 heavy (non-hydrogen) atoms. The molecular weight excluding hydrogens is 521 g/mol. The number of amides is 2. The van der Waals surface area contributed by atoms with Gasteiger partial charge >= 0.3 is 12.2 Å². The minimum atomic E-state index is -4.57. The maximum Gasteiger partial charge on any atom is 0.416 e. The van der Waals surface area contributed by atoms with Crippen LogP contribution in [0.4, 0.5) is 23.7 Å². The number of pyridine rings is 1. The number of aromatic nitrogens is 4. The minimum Gasteiger partial charge on any atom is -0.351 e. The molecule has 0 aliphatic rings. The van der Waals surface area contributed by atoms with Crippen molar-refractivity contribution in [3.63, 3.8) is 0 Å². The summed E-state index contributed by atoms with van der Waals surface area (Å²) in [5.74, 6) is 5.73. The third kappa shape index (κ3) is 5.56. The molecule has 0 spiro atoms. The number of urea groups is 1. The quantitative estimate of drug-likeness (QED) is 0.236. The molecule has 0 atom stereocenters. The van der Waals surface area contributed by atoms with E-state index in [-0.39, 0.29) is 23.5 Å². The number of nitrogens with one attached hydrogen (secondary N) is 1. The van der Waals surface area contributed by atoms with E-state index in [0.29, 0.717) is 28.2 Å². The van der Waals surface area contributed by atoms with E-state index < -0.39 is 17.8 Å². The number of aryl methyl sites for hydroxylation is 1. The van der Waals surface area contributed by atoms with E-state index in [9.17, 15) is 22.8 Å². The number of Topliss-reactive ketones (excluding diaryl/α,β-unsaturated/α-hetero) is 1. The number of anilines is 1. The Morgan fingerprint density at radius 2 is 1.90 bits per heavy atom. The van der Waals surface area contributed by atoms with Crippen molar-refractivity contribution in [2.24, 2.45) is 5.73 Å². The first-order chi connectivity index (χ1) is 19.1. The van der Waals surface area contributed by atoms with Crippen molar-refractivity contribution >= 4 is 23.1 Å². The predicted octanol–water partition coefficient (Wildman–Crippen LogP) is 5.16. The number of imidazole rings is 2. The van der Waals surface area contributed by atoms with E-state index in [2.05, 4.69) is 27.1 Å². The zero-order valence-electron chi connectivity index (χ0n) is 21.0. The first kappa shape index (κ1) is 26.2. The average Bonchev–Trinajstić information content (AvgIpc) is 3.58. The molecule has 0 fully saturated rings. The van der Waals surface area contributed by atoms with E-state index >= 15 is 0 Å². The van der Waals surface area contributed by atoms with Crippen LogP contribution in [-0.4, -0.2) is 30.8 Å². The molecule has 8 nitrogen and oxygen atoms in total. The Labute approximate surface area is 226 Å². The van der Waals surface area contributed by atoms with Crippen LogP contribution in [0.3, 0.4) is 0 Å². The van der Waals surface area contributed by atoms with Crippen LogP contribution in [-0.2, 0) is 12.6 Å². The maximum atomic E-state index is 13.6. The highest BCUT2D eigenvalue weighted by Gasteiger charge is 2.31. The summed E-state index contributed by atoms with van der Waals surface area (Å²) in [6, 6.07) is 11.2. The summed E-state index contributed by atoms with van der Waals surface area (Å²) in [5, 5.41) is 2.51. The van der Waals surface area contributed by atoms with Gasteiger partial charge in [-0.2, -0.15) is 13.2 Å². The number of alkyl halides is 3. The van der Waals surface area contributed by atoms with Gasteiger partial charge in [-0.3, -0.25) is 9.20 Å². The summed E-state index contributed by atoms with van der Waals surface area (Å²) in [6.07, 6.45) is 2.86. The number of nitrogens with two attached hydrogens (primary N) is 1. The highest BCUT2D eigenvalue weighted by atomic mass is 19.4. The Kier molecular flexibility index (Phi) is 6.83. The van der Waals surface area contributed by atoms with Gasteiger partial charge in [-0.15, -0.1) is 0 Å². The lowest BCUT2D eigenvalue weighted by Crippen LogP contribution is -2.19. The Hall–Kier alpha value is -5.37. The molecule has 0 unspecified atom stereocenters. The van der Waals surface area contributed by atoms with Gasteiger partial charge in [-0.25, -0.2) is 14.8 Å². The second kappa shape index (κ2) is 10.4. The van der Waals surface area contributed by atoms with Crippen LogP contribution in [0.2, 0.25) is 0 Å². The molecular formula is C29H21F3N6O2. The summed E-state index contributed by atoms with van der Waals surface area (Å²) in [6.45, 7) is 1.84. The molecule has 0 bridgehead atoms. The molecule has 0 saturated carbocycles. The van der Waals surface area contributed by atoms with E-state index in [4.69, 9.17) is 5.73 Å². The molecule has 11 heteroatoms. The van der Waals surface area contributed by atoms with Crippen molar-refractivity contribution in [1.82, 2.24) is 18.9 Å². The second-order valence-electron chi connectivity index (χ2n) is 8.98. The van der Waals surface area contributed by atoms with Crippen molar-refractivity contribution in [2.75, 3.05) is 5.32 Å². The molecule has 3 N–H and O–H groups in total. The molecule has 3 aromatic heterocycles. The van der Waals surface area contributed by atoms with Gasteiger partial charge in [0, 0.05) is 41.8 Å². The Balaban J connectivity index is 1.43. The van der Waals surface area contributed by atoms with Gasteiger partial charge in [0.15, 0.2) is 11.4 Å². The summed E-state index contributed by atoms with van der Waals surface area (Å²) >= 11 is 0. The molecule has 0 aliphatic carbocycles. The van der Waals surface area contributed by atoms with Crippen molar-refractivity contribution in [3.8, 4) is 17.5 Å². The monoisotopic (exact) mass is 542 g/mol. The first-order valence-electron chi connectivity index (χ1n) is 12.0. The van der Waals surface area contributed by atoms with E-state index in [1.165, 1.54) is 29.4 Å². The van der Waals surface area contributed by atoms with Crippen LogP contribution < -0.4 is 11.1 Å². The van der Waals surface area contributed by atoms with Gasteiger partial charge in [0.2, 0.25) is 0 Å². The van der Waals surface area contributed by atoms with Gasteiger partial charge < -0.3 is 15.6 Å². The second-order valence-corrected chi connectivity index (χ2v) is 8.98. The standard InChI is InChI=1S/C29H21F3N6O2/c1-18-4-5-21(14-20(18)6-7-23-16-35-27-25(36-28(33)40)3-2-9-38(23)27)26(39)13-19-11-22(29(30,31)32)15-24(12-19)37-10-8-34-17-37/h2-5,8-12,14-17H,13H2,1H3,(H3,33,36,40). The fraction of sp³-hybridized carbons (Fsp3) is 0.103. The number of nitrogens with zero attached hydrogens (tertiary/aromatic N) is 4. The lowest BCUT2D eigenvalue weighted by molar-refractivity contribution is -0.137. The number of rotatable bonds is 5. The smallest absolute Gasteiger partial charge is 0.351 e. The number of carbonyl (C=O) groups excluding carboxylic acids is 2. The molecule has 0 saturated heterocycles. The van der Waals surface area contributed by atoms with Gasteiger partial charge in [0.05, 0.1) is 23.8 Å². The topological polar surface area (TPSA) is 107 Å². The van der Waals surface area contributed by atoms with Crippen LogP contribution in [0.1, 0.15) is 38.3 Å². The lowest BCUT2D eigenvalue weighted by Gasteiger charge is -2.13. The number of fused-ring (bicyclic) bond motifs is 1. The number of ketones is 1. The Bertz CT molecular complexity index is 1810. The number of carbonyl (C=O) groups is 2. The number of benzene rings is 2. The molecule has 0 radical (unpaired) electrons. The predicted molar refractivity (Wildman–Crippen MR) is 142 cm³/mol. The Morgan fingerprint density at radius 1 is 1.07 bits per heavy atom. The van der Waals surface area contributed by atoms with E-state index in [1.807, 2.05) is 6.92 Å². The largest absolute Gasteiger partial charge is 0.416 e. The zero-order valence-corrected chi connectivity index (χ0v) is 21.0. The van der Waals surface area contributed by atoms with Crippen molar-refractivity contribution in [3.05, 3.63) is 113 Å². The Morgan fingerprint density at radius 3 is 2.62 bits per heavy atom. The van der Waals surface area contributed by atoms with Crippen LogP contribution in [0.15, 0.2) is 79.6 Å². The molecule has 5 aromatic rings. The first-order valence-corrected chi connectivity index (χ1v) is 12.0. The van der Waals surface area contributed by atoms with E-state index in [0.717, 1.165) is 17.7 Å². The summed E-state index contributed by atoms with van der Waals surface area (Å²) in [7, 11) is 0. The number of halogens is 3. The van der Waals surface area contributed by atoms with Gasteiger partial charge in [-0.1, -0.05) is 18.1 Å². The van der Waals surface area contributed by atoms with Crippen LogP contribution >= 0.6 is 0 Å². The third-order valence-corrected chi connectivity index (χ3v) is 6.15. The normalized spacial score (nSPS) is 11.2. The highest BCUT2D eigenvalue weighted by molar-refractivity contribution is 5.98. The molecule has 3 heterocycles. The minimum absolute atomic E-state index is 0.225. The van der Waals surface area contributed by atoms with Crippen molar-refractivity contribution < 1.29 is 22.8 Å². The molecule has 5 rings (SSSR count). The van der Waals surface area contributed by atoms with E-state index in [1.54, 1.807) is 47.1 Å². The number of primary amides is 1. The van der Waals surface area contributed by atoms with Crippen molar-refractivity contribution in [1.29, 1.82) is 0 Å². The fourth-order valence-electron chi connectivity index (χ4n) is 4.18.